The van der Waals surface area contributed by atoms with Gasteiger partial charge in [-0.1, -0.05) is 29.8 Å². The molecule has 10 nitrogen and oxygen atoms in total. The fraction of sp³-hybridized carbons (Fsp3) is 0.316. The predicted octanol–water partition coefficient (Wildman–Crippen LogP) is 1.17. The summed E-state index contributed by atoms with van der Waals surface area (Å²) in [5.41, 5.74) is 2.04. The number of phosphoric acid groups is 1. The Kier molecular flexibility index (Phi) is 7.34. The Hall–Kier alpha value is -2.03. The first-order chi connectivity index (χ1) is 14.6. The van der Waals surface area contributed by atoms with Gasteiger partial charge in [0.25, 0.3) is 0 Å². The molecule has 166 valence electrons. The van der Waals surface area contributed by atoms with E-state index >= 15 is 0 Å². The summed E-state index contributed by atoms with van der Waals surface area (Å²) in [4.78, 5) is 17.6. The van der Waals surface area contributed by atoms with Crippen LogP contribution < -0.4 is 4.74 Å². The molecule has 2 aromatic carbocycles. The number of nitrogens with zero attached hydrogens (tertiary/aromatic N) is 1. The third-order valence-corrected chi connectivity index (χ3v) is 5.38. The summed E-state index contributed by atoms with van der Waals surface area (Å²) in [6.45, 7) is -0.750. The van der Waals surface area contributed by atoms with Gasteiger partial charge in [0.2, 0.25) is 6.29 Å². The second-order valence-corrected chi connectivity index (χ2v) is 8.40. The molecule has 5 N–H and O–H groups in total. The molecule has 31 heavy (non-hydrogen) atoms. The fourth-order valence-electron chi connectivity index (χ4n) is 2.96. The lowest BCUT2D eigenvalue weighted by Crippen LogP contribution is -2.60. The molecule has 1 fully saturated rings. The summed E-state index contributed by atoms with van der Waals surface area (Å²) >= 11 is 6.27. The third kappa shape index (κ3) is 5.81. The van der Waals surface area contributed by atoms with E-state index in [0.29, 0.717) is 5.56 Å². The standard InChI is InChI=1S/C19H19ClNO9P/c20-13-7-12(11-3-1-10(8-21)2-4-11)5-6-14(13)29-19-18(24)17(23)16(22)15(30-19)9-28-31(25,26)27/h1-7,15-19,22-24H,9H2,(H2,25,26,27)/t15-,16-,17+,18+,19+/m1/s1. The average molecular weight is 472 g/mol. The number of hydrogen-bond acceptors (Lipinski definition) is 8. The summed E-state index contributed by atoms with van der Waals surface area (Å²) in [6, 6.07) is 13.6. The zero-order chi connectivity index (χ0) is 22.8. The largest absolute Gasteiger partial charge is 0.469 e. The molecule has 0 aliphatic carbocycles. The van der Waals surface area contributed by atoms with Crippen molar-refractivity contribution in [1.29, 1.82) is 5.26 Å². The number of nitriles is 1. The first-order valence-electron chi connectivity index (χ1n) is 8.95. The van der Waals surface area contributed by atoms with Crippen molar-refractivity contribution in [3.05, 3.63) is 53.1 Å². The van der Waals surface area contributed by atoms with Gasteiger partial charge in [-0.05, 0) is 35.4 Å². The van der Waals surface area contributed by atoms with E-state index in [1.165, 1.54) is 6.07 Å². The van der Waals surface area contributed by atoms with Crippen LogP contribution >= 0.6 is 19.4 Å². The number of aliphatic hydroxyl groups is 3. The molecule has 1 aliphatic heterocycles. The molecular weight excluding hydrogens is 453 g/mol. The van der Waals surface area contributed by atoms with E-state index in [9.17, 15) is 19.9 Å². The normalized spacial score (nSPS) is 26.3. The zero-order valence-electron chi connectivity index (χ0n) is 15.8. The fourth-order valence-corrected chi connectivity index (χ4v) is 3.53. The van der Waals surface area contributed by atoms with Crippen LogP contribution in [0.1, 0.15) is 5.56 Å². The first kappa shape index (κ1) is 23.6. The molecule has 12 heteroatoms. The highest BCUT2D eigenvalue weighted by atomic mass is 35.5. The van der Waals surface area contributed by atoms with Crippen molar-refractivity contribution in [3.63, 3.8) is 0 Å². The Morgan fingerprint density at radius 2 is 1.68 bits per heavy atom. The average Bonchev–Trinajstić information content (AvgIpc) is 2.74. The molecule has 3 rings (SSSR count). The van der Waals surface area contributed by atoms with E-state index in [0.717, 1.165) is 11.1 Å². The van der Waals surface area contributed by atoms with Crippen molar-refractivity contribution >= 4 is 19.4 Å². The van der Waals surface area contributed by atoms with Gasteiger partial charge >= 0.3 is 7.82 Å². The van der Waals surface area contributed by atoms with Crippen LogP contribution in [0.25, 0.3) is 11.1 Å². The van der Waals surface area contributed by atoms with Crippen LogP contribution in [0.2, 0.25) is 5.02 Å². The van der Waals surface area contributed by atoms with Crippen LogP contribution in [-0.4, -0.2) is 62.4 Å². The van der Waals surface area contributed by atoms with E-state index in [-0.39, 0.29) is 10.8 Å². The van der Waals surface area contributed by atoms with Crippen LogP contribution in [-0.2, 0) is 13.8 Å². The number of rotatable bonds is 6. The minimum absolute atomic E-state index is 0.0985. The molecule has 0 spiro atoms. The Bertz CT molecular complexity index is 1010. The number of aliphatic hydroxyl groups excluding tert-OH is 3. The molecule has 1 aliphatic rings. The third-order valence-electron chi connectivity index (χ3n) is 4.60. The van der Waals surface area contributed by atoms with Crippen LogP contribution in [0.15, 0.2) is 42.5 Å². The molecule has 0 saturated carbocycles. The summed E-state index contributed by atoms with van der Waals surface area (Å²) in [5.74, 6) is 0.0985. The maximum atomic E-state index is 10.9. The van der Waals surface area contributed by atoms with Gasteiger partial charge in [0, 0.05) is 0 Å². The highest BCUT2D eigenvalue weighted by Crippen LogP contribution is 2.37. The van der Waals surface area contributed by atoms with Gasteiger partial charge < -0.3 is 34.6 Å². The Morgan fingerprint density at radius 1 is 1.03 bits per heavy atom. The molecule has 1 heterocycles. The number of hydrogen-bond donors (Lipinski definition) is 5. The van der Waals surface area contributed by atoms with Gasteiger partial charge in [0.1, 0.15) is 30.2 Å². The van der Waals surface area contributed by atoms with Crippen LogP contribution in [0, 0.1) is 11.3 Å². The van der Waals surface area contributed by atoms with Crippen molar-refractivity contribution in [2.75, 3.05) is 6.61 Å². The Balaban J connectivity index is 1.75. The zero-order valence-corrected chi connectivity index (χ0v) is 17.4. The smallest absolute Gasteiger partial charge is 0.460 e. The van der Waals surface area contributed by atoms with E-state index in [1.807, 2.05) is 6.07 Å². The molecule has 1 saturated heterocycles. The van der Waals surface area contributed by atoms with Gasteiger partial charge in [0.05, 0.1) is 23.3 Å². The van der Waals surface area contributed by atoms with Gasteiger partial charge in [-0.3, -0.25) is 4.52 Å². The van der Waals surface area contributed by atoms with Gasteiger partial charge in [0.15, 0.2) is 0 Å². The molecule has 0 bridgehead atoms. The van der Waals surface area contributed by atoms with Crippen molar-refractivity contribution in [2.24, 2.45) is 0 Å². The highest BCUT2D eigenvalue weighted by Gasteiger charge is 2.45. The maximum Gasteiger partial charge on any atom is 0.469 e. The Morgan fingerprint density at radius 3 is 2.26 bits per heavy atom. The van der Waals surface area contributed by atoms with Crippen LogP contribution in [0.4, 0.5) is 0 Å². The van der Waals surface area contributed by atoms with Gasteiger partial charge in [-0.15, -0.1) is 0 Å². The lowest BCUT2D eigenvalue weighted by molar-refractivity contribution is -0.276. The van der Waals surface area contributed by atoms with E-state index in [4.69, 9.17) is 36.1 Å². The topological polar surface area (TPSA) is 170 Å². The summed E-state index contributed by atoms with van der Waals surface area (Å²) in [6.07, 6.45) is -7.94. The number of halogens is 1. The van der Waals surface area contributed by atoms with E-state index < -0.39 is 45.1 Å². The predicted molar refractivity (Wildman–Crippen MR) is 107 cm³/mol. The minimum Gasteiger partial charge on any atom is -0.460 e. The molecule has 0 aromatic heterocycles. The summed E-state index contributed by atoms with van der Waals surface area (Å²) < 4.78 is 26.1. The molecule has 0 radical (unpaired) electrons. The maximum absolute atomic E-state index is 10.9. The lowest BCUT2D eigenvalue weighted by Gasteiger charge is -2.40. The minimum atomic E-state index is -4.84. The van der Waals surface area contributed by atoms with E-state index in [1.54, 1.807) is 36.4 Å². The van der Waals surface area contributed by atoms with E-state index in [2.05, 4.69) is 4.52 Å². The SMILES string of the molecule is N#Cc1ccc(-c2ccc(O[C@H]3O[C@H](COP(=O)(O)O)[C@@H](O)[C@H](O)[C@@H]3O)c(Cl)c2)cc1. The summed E-state index contributed by atoms with van der Waals surface area (Å²) in [5, 5.41) is 39.2. The van der Waals surface area contributed by atoms with Crippen molar-refractivity contribution < 1.29 is 43.7 Å². The lowest BCUT2D eigenvalue weighted by atomic mass is 9.99. The van der Waals surface area contributed by atoms with Crippen molar-refractivity contribution in [1.82, 2.24) is 0 Å². The quantitative estimate of drug-likeness (QED) is 0.385. The van der Waals surface area contributed by atoms with Crippen molar-refractivity contribution in [2.45, 2.75) is 30.7 Å². The number of ether oxygens (including phenoxy) is 2. The molecule has 0 amide bonds. The van der Waals surface area contributed by atoms with Crippen molar-refractivity contribution in [3.8, 4) is 22.9 Å². The highest BCUT2D eigenvalue weighted by molar-refractivity contribution is 7.46. The number of phosphoric ester groups is 1. The van der Waals surface area contributed by atoms with Crippen LogP contribution in [0.5, 0.6) is 5.75 Å². The molecule has 2 aromatic rings. The molecular formula is C19H19ClNO9P. The second kappa shape index (κ2) is 9.63. The first-order valence-corrected chi connectivity index (χ1v) is 10.9. The molecule has 0 unspecified atom stereocenters. The summed E-state index contributed by atoms with van der Waals surface area (Å²) in [7, 11) is -4.84. The van der Waals surface area contributed by atoms with Crippen LogP contribution in [0.3, 0.4) is 0 Å². The van der Waals surface area contributed by atoms with Gasteiger partial charge in [-0.25, -0.2) is 4.57 Å². The number of benzene rings is 2. The monoisotopic (exact) mass is 471 g/mol. The van der Waals surface area contributed by atoms with Gasteiger partial charge in [-0.2, -0.15) is 5.26 Å². The second-order valence-electron chi connectivity index (χ2n) is 6.75. The molecule has 5 atom stereocenters. The Labute approximate surface area is 182 Å².